The summed E-state index contributed by atoms with van der Waals surface area (Å²) < 4.78 is 12.2. The lowest BCUT2D eigenvalue weighted by atomic mass is 10.2. The van der Waals surface area contributed by atoms with Crippen LogP contribution in [0.3, 0.4) is 0 Å². The molecule has 0 atom stereocenters. The van der Waals surface area contributed by atoms with Crippen molar-refractivity contribution in [2.75, 3.05) is 6.61 Å². The number of hydrogen-bond donors (Lipinski definition) is 0. The summed E-state index contributed by atoms with van der Waals surface area (Å²) in [5.41, 5.74) is 2.03. The van der Waals surface area contributed by atoms with Gasteiger partial charge in [-0.1, -0.05) is 60.7 Å². The zero-order valence-electron chi connectivity index (χ0n) is 15.5. The van der Waals surface area contributed by atoms with E-state index in [-0.39, 0.29) is 12.3 Å². The highest BCUT2D eigenvalue weighted by Gasteiger charge is 2.21. The fourth-order valence-electron chi connectivity index (χ4n) is 2.81. The number of furan rings is 1. The third-order valence-corrected chi connectivity index (χ3v) is 4.23. The van der Waals surface area contributed by atoms with E-state index in [0.29, 0.717) is 18.0 Å². The van der Waals surface area contributed by atoms with E-state index in [9.17, 15) is 4.79 Å². The highest BCUT2D eigenvalue weighted by molar-refractivity contribution is 6.15. The molecule has 0 aliphatic rings. The predicted octanol–water partition coefficient (Wildman–Crippen LogP) is 3.72. The van der Waals surface area contributed by atoms with Gasteiger partial charge in [0, 0.05) is 18.1 Å². The van der Waals surface area contributed by atoms with E-state index >= 15 is 0 Å². The number of rotatable bonds is 7. The minimum atomic E-state index is -0.540. The van der Waals surface area contributed by atoms with Gasteiger partial charge in [0.05, 0.1) is 12.9 Å². The highest BCUT2D eigenvalue weighted by atomic mass is 16.5. The summed E-state index contributed by atoms with van der Waals surface area (Å²) in [6, 6.07) is 22.7. The number of tetrazole rings is 1. The molecule has 2 heterocycles. The summed E-state index contributed by atoms with van der Waals surface area (Å²) in [5, 5.41) is 11.8. The van der Waals surface area contributed by atoms with Crippen molar-refractivity contribution in [3.8, 4) is 11.4 Å². The van der Waals surface area contributed by atoms with Crippen molar-refractivity contribution in [3.63, 3.8) is 0 Å². The summed E-state index contributed by atoms with van der Waals surface area (Å²) in [6.07, 6.45) is 3.71. The highest BCUT2D eigenvalue weighted by Crippen LogP contribution is 2.21. The van der Waals surface area contributed by atoms with Crippen molar-refractivity contribution in [3.05, 3.63) is 90.4 Å². The molecule has 0 amide bonds. The van der Waals surface area contributed by atoms with Crippen molar-refractivity contribution < 1.29 is 13.9 Å². The summed E-state index contributed by atoms with van der Waals surface area (Å²) in [7, 11) is 0. The number of hydrogen-bond acceptors (Lipinski definition) is 6. The van der Waals surface area contributed by atoms with Crippen LogP contribution in [0.1, 0.15) is 11.3 Å². The van der Waals surface area contributed by atoms with Crippen LogP contribution in [0.4, 0.5) is 0 Å². The first-order valence-corrected chi connectivity index (χ1v) is 9.12. The molecular weight excluding hydrogens is 368 g/mol. The van der Waals surface area contributed by atoms with E-state index < -0.39 is 5.97 Å². The predicted molar refractivity (Wildman–Crippen MR) is 107 cm³/mol. The van der Waals surface area contributed by atoms with E-state index in [4.69, 9.17) is 9.15 Å². The standard InChI is InChI=1S/C22H18N4O3/c27-22(29-15-13-17-8-3-1-4-9-17)20(16-19-12-7-14-28-19)26-21(23-24-25-26)18-10-5-2-6-11-18/h1-12,14,16H,13,15H2/b20-16-. The van der Waals surface area contributed by atoms with Crippen LogP contribution in [0.5, 0.6) is 0 Å². The summed E-state index contributed by atoms with van der Waals surface area (Å²) in [5.74, 6) is 0.389. The Hall–Kier alpha value is -4.00. The topological polar surface area (TPSA) is 83.0 Å². The largest absolute Gasteiger partial charge is 0.465 e. The SMILES string of the molecule is O=C(OCCc1ccccc1)/C(=C/c1ccco1)n1nnnc1-c1ccccc1. The van der Waals surface area contributed by atoms with E-state index in [1.165, 1.54) is 10.9 Å². The molecule has 2 aromatic carbocycles. The summed E-state index contributed by atoms with van der Waals surface area (Å²) in [4.78, 5) is 12.9. The molecule has 7 nitrogen and oxygen atoms in total. The van der Waals surface area contributed by atoms with Crippen molar-refractivity contribution in [1.82, 2.24) is 20.2 Å². The molecule has 0 saturated heterocycles. The summed E-state index contributed by atoms with van der Waals surface area (Å²) in [6.45, 7) is 0.237. The van der Waals surface area contributed by atoms with E-state index in [1.54, 1.807) is 18.2 Å². The lowest BCUT2D eigenvalue weighted by Gasteiger charge is -2.10. The van der Waals surface area contributed by atoms with Crippen LogP contribution in [0.2, 0.25) is 0 Å². The maximum Gasteiger partial charge on any atom is 0.357 e. The summed E-state index contributed by atoms with van der Waals surface area (Å²) >= 11 is 0. The van der Waals surface area contributed by atoms with Crippen molar-refractivity contribution >= 4 is 17.7 Å². The van der Waals surface area contributed by atoms with Crippen LogP contribution in [0.15, 0.2) is 83.5 Å². The molecule has 4 aromatic rings. The van der Waals surface area contributed by atoms with E-state index in [0.717, 1.165) is 11.1 Å². The van der Waals surface area contributed by atoms with E-state index in [1.807, 2.05) is 60.7 Å². The number of carbonyl (C=O) groups excluding carboxylic acids is 1. The lowest BCUT2D eigenvalue weighted by molar-refractivity contribution is -0.136. The Bertz CT molecular complexity index is 1090. The van der Waals surface area contributed by atoms with Crippen LogP contribution in [-0.2, 0) is 16.0 Å². The molecule has 0 saturated carbocycles. The fraction of sp³-hybridized carbons (Fsp3) is 0.0909. The van der Waals surface area contributed by atoms with Crippen LogP contribution in [0.25, 0.3) is 23.2 Å². The first-order valence-electron chi connectivity index (χ1n) is 9.12. The Morgan fingerprint density at radius 1 is 1.00 bits per heavy atom. The molecule has 0 radical (unpaired) electrons. The number of aromatic nitrogens is 4. The smallest absolute Gasteiger partial charge is 0.357 e. The maximum absolute atomic E-state index is 12.9. The number of esters is 1. The van der Waals surface area contributed by atoms with Crippen molar-refractivity contribution in [2.24, 2.45) is 0 Å². The average Bonchev–Trinajstić information content (AvgIpc) is 3.45. The number of carbonyl (C=O) groups is 1. The van der Waals surface area contributed by atoms with Gasteiger partial charge in [-0.25, -0.2) is 4.79 Å². The second-order valence-electron chi connectivity index (χ2n) is 6.20. The quantitative estimate of drug-likeness (QED) is 0.356. The average molecular weight is 386 g/mol. The van der Waals surface area contributed by atoms with Gasteiger partial charge in [0.2, 0.25) is 0 Å². The molecule has 0 N–H and O–H groups in total. The first kappa shape index (κ1) is 18.4. The Balaban J connectivity index is 1.60. The van der Waals surface area contributed by atoms with Gasteiger partial charge < -0.3 is 9.15 Å². The zero-order chi connectivity index (χ0) is 19.9. The Labute approximate surface area is 167 Å². The van der Waals surface area contributed by atoms with Gasteiger partial charge in [0.1, 0.15) is 5.76 Å². The maximum atomic E-state index is 12.9. The molecule has 0 aliphatic heterocycles. The monoisotopic (exact) mass is 386 g/mol. The Morgan fingerprint density at radius 2 is 1.76 bits per heavy atom. The fourth-order valence-corrected chi connectivity index (χ4v) is 2.81. The van der Waals surface area contributed by atoms with Gasteiger partial charge in [0.15, 0.2) is 11.5 Å². The van der Waals surface area contributed by atoms with Gasteiger partial charge in [-0.05, 0) is 28.1 Å². The number of nitrogens with zero attached hydrogens (tertiary/aromatic N) is 4. The molecule has 29 heavy (non-hydrogen) atoms. The first-order chi connectivity index (χ1) is 14.3. The Morgan fingerprint density at radius 3 is 2.48 bits per heavy atom. The minimum Gasteiger partial charge on any atom is -0.465 e. The molecule has 7 heteroatoms. The van der Waals surface area contributed by atoms with Crippen LogP contribution >= 0.6 is 0 Å². The number of benzene rings is 2. The lowest BCUT2D eigenvalue weighted by Crippen LogP contribution is -2.16. The van der Waals surface area contributed by atoms with Gasteiger partial charge >= 0.3 is 5.97 Å². The van der Waals surface area contributed by atoms with Crippen LogP contribution in [0, 0.1) is 0 Å². The molecule has 4 rings (SSSR count). The van der Waals surface area contributed by atoms with Gasteiger partial charge in [0.25, 0.3) is 0 Å². The minimum absolute atomic E-state index is 0.164. The molecule has 144 valence electrons. The van der Waals surface area contributed by atoms with Crippen LogP contribution < -0.4 is 0 Å². The van der Waals surface area contributed by atoms with Crippen molar-refractivity contribution in [1.29, 1.82) is 0 Å². The molecular formula is C22H18N4O3. The molecule has 0 spiro atoms. The second kappa shape index (κ2) is 8.79. The van der Waals surface area contributed by atoms with Crippen LogP contribution in [-0.4, -0.2) is 32.8 Å². The van der Waals surface area contributed by atoms with Gasteiger partial charge in [-0.15, -0.1) is 5.10 Å². The molecule has 0 unspecified atom stereocenters. The third-order valence-electron chi connectivity index (χ3n) is 4.23. The molecule has 2 aromatic heterocycles. The van der Waals surface area contributed by atoms with E-state index in [2.05, 4.69) is 15.5 Å². The molecule has 0 bridgehead atoms. The van der Waals surface area contributed by atoms with Gasteiger partial charge in [-0.3, -0.25) is 0 Å². The van der Waals surface area contributed by atoms with Gasteiger partial charge in [-0.2, -0.15) is 4.68 Å². The second-order valence-corrected chi connectivity index (χ2v) is 6.20. The number of ether oxygens (including phenoxy) is 1. The molecule has 0 aliphatic carbocycles. The zero-order valence-corrected chi connectivity index (χ0v) is 15.5. The van der Waals surface area contributed by atoms with Crippen molar-refractivity contribution in [2.45, 2.75) is 6.42 Å². The Kier molecular flexibility index (Phi) is 5.57. The third kappa shape index (κ3) is 4.47. The normalized spacial score (nSPS) is 11.4. The molecule has 0 fully saturated rings.